The first-order chi connectivity index (χ1) is 13.0. The van der Waals surface area contributed by atoms with E-state index < -0.39 is 6.04 Å². The molecule has 1 unspecified atom stereocenters. The van der Waals surface area contributed by atoms with Crippen LogP contribution in [0.3, 0.4) is 0 Å². The molecule has 27 heavy (non-hydrogen) atoms. The number of carbonyl (C=O) groups is 2. The van der Waals surface area contributed by atoms with E-state index in [1.165, 1.54) is 21.4 Å². The number of nitrogens with zero attached hydrogens (tertiary/aromatic N) is 1. The van der Waals surface area contributed by atoms with E-state index >= 15 is 0 Å². The number of rotatable bonds is 5. The number of aromatic nitrogens is 1. The summed E-state index contributed by atoms with van der Waals surface area (Å²) in [6.07, 6.45) is 3.03. The Morgan fingerprint density at radius 3 is 2.78 bits per heavy atom. The summed E-state index contributed by atoms with van der Waals surface area (Å²) < 4.78 is 0. The molecule has 2 heterocycles. The summed E-state index contributed by atoms with van der Waals surface area (Å²) in [6, 6.07) is 13.4. The highest BCUT2D eigenvalue weighted by Gasteiger charge is 2.39. The summed E-state index contributed by atoms with van der Waals surface area (Å²) >= 11 is 0. The monoisotopic (exact) mass is 361 g/mol. The van der Waals surface area contributed by atoms with Crippen LogP contribution in [0.4, 0.5) is 5.69 Å². The van der Waals surface area contributed by atoms with Gasteiger partial charge in [0.2, 0.25) is 5.91 Å². The second-order valence-corrected chi connectivity index (χ2v) is 7.18. The molecule has 2 N–H and O–H groups in total. The van der Waals surface area contributed by atoms with Gasteiger partial charge in [0.05, 0.1) is 18.2 Å². The molecular weight excluding hydrogens is 338 g/mol. The van der Waals surface area contributed by atoms with Gasteiger partial charge in [0.1, 0.15) is 0 Å². The normalized spacial score (nSPS) is 17.3. The topological polar surface area (TPSA) is 65.2 Å². The highest BCUT2D eigenvalue weighted by atomic mass is 16.2. The molecule has 5 nitrogen and oxygen atoms in total. The van der Waals surface area contributed by atoms with E-state index in [1.54, 1.807) is 0 Å². The predicted octanol–water partition coefficient (Wildman–Crippen LogP) is 3.25. The number of anilines is 1. The molecule has 0 aliphatic carbocycles. The molecule has 1 aromatic heterocycles. The molecule has 2 amide bonds. The Labute approximate surface area is 158 Å². The third-order valence-electron chi connectivity index (χ3n) is 5.21. The fourth-order valence-electron chi connectivity index (χ4n) is 3.74. The number of benzene rings is 2. The van der Waals surface area contributed by atoms with Crippen LogP contribution in [0.1, 0.15) is 23.1 Å². The minimum absolute atomic E-state index is 0.144. The van der Waals surface area contributed by atoms with E-state index in [4.69, 9.17) is 0 Å². The highest BCUT2D eigenvalue weighted by molar-refractivity contribution is 6.22. The van der Waals surface area contributed by atoms with Gasteiger partial charge < -0.3 is 10.3 Å². The Balaban J connectivity index is 1.43. The Morgan fingerprint density at radius 2 is 1.96 bits per heavy atom. The average molecular weight is 361 g/mol. The van der Waals surface area contributed by atoms with Crippen LogP contribution in [-0.2, 0) is 16.0 Å². The highest BCUT2D eigenvalue weighted by Crippen LogP contribution is 2.26. The number of carbonyl (C=O) groups excluding carboxylic acids is 2. The Morgan fingerprint density at radius 1 is 1.15 bits per heavy atom. The van der Waals surface area contributed by atoms with Gasteiger partial charge in [-0.2, -0.15) is 0 Å². The van der Waals surface area contributed by atoms with Crippen LogP contribution in [-0.4, -0.2) is 29.4 Å². The lowest BCUT2D eigenvalue weighted by molar-refractivity contribution is -0.121. The van der Waals surface area contributed by atoms with Crippen molar-refractivity contribution in [3.63, 3.8) is 0 Å². The molecule has 5 heteroatoms. The maximum atomic E-state index is 12.8. The lowest BCUT2D eigenvalue weighted by atomic mass is 10.1. The van der Waals surface area contributed by atoms with Crippen molar-refractivity contribution < 1.29 is 9.59 Å². The SMILES string of the molecule is Cc1ccc2[nH]cc(CCNC3CC(=O)N(c4ccccc4C)C3=O)c2c1. The molecular formula is C22H23N3O2. The molecule has 1 aliphatic rings. The summed E-state index contributed by atoms with van der Waals surface area (Å²) in [5.41, 5.74) is 5.17. The van der Waals surface area contributed by atoms with E-state index in [9.17, 15) is 9.59 Å². The van der Waals surface area contributed by atoms with Crippen LogP contribution >= 0.6 is 0 Å². The Bertz CT molecular complexity index is 1020. The molecule has 3 aromatic rings. The lowest BCUT2D eigenvalue weighted by Gasteiger charge is -2.17. The molecule has 138 valence electrons. The number of amides is 2. The van der Waals surface area contributed by atoms with Crippen LogP contribution in [0.15, 0.2) is 48.7 Å². The molecule has 2 aromatic carbocycles. The van der Waals surface area contributed by atoms with Crippen molar-refractivity contribution in [2.45, 2.75) is 32.7 Å². The van der Waals surface area contributed by atoms with Gasteiger partial charge in [-0.25, -0.2) is 4.90 Å². The summed E-state index contributed by atoms with van der Waals surface area (Å²) in [5, 5.41) is 4.49. The number of H-pyrrole nitrogens is 1. The third kappa shape index (κ3) is 3.26. The predicted molar refractivity (Wildman–Crippen MR) is 107 cm³/mol. The Kier molecular flexibility index (Phi) is 4.54. The number of aromatic amines is 1. The number of hydrogen-bond donors (Lipinski definition) is 2. The molecule has 4 rings (SSSR count). The molecule has 1 saturated heterocycles. The molecule has 0 bridgehead atoms. The van der Waals surface area contributed by atoms with Crippen LogP contribution in [0.25, 0.3) is 10.9 Å². The van der Waals surface area contributed by atoms with Crippen LogP contribution in [0.5, 0.6) is 0 Å². The Hall–Kier alpha value is -2.92. The number of para-hydroxylation sites is 1. The first-order valence-corrected chi connectivity index (χ1v) is 9.27. The quantitative estimate of drug-likeness (QED) is 0.686. The smallest absolute Gasteiger partial charge is 0.251 e. The van der Waals surface area contributed by atoms with Gasteiger partial charge in [0.25, 0.3) is 5.91 Å². The van der Waals surface area contributed by atoms with Crippen LogP contribution in [0.2, 0.25) is 0 Å². The summed E-state index contributed by atoms with van der Waals surface area (Å²) in [5.74, 6) is -0.307. The van der Waals surface area contributed by atoms with Crippen LogP contribution < -0.4 is 10.2 Å². The fourth-order valence-corrected chi connectivity index (χ4v) is 3.74. The van der Waals surface area contributed by atoms with Crippen molar-refractivity contribution in [1.82, 2.24) is 10.3 Å². The van der Waals surface area contributed by atoms with Crippen LogP contribution in [0, 0.1) is 13.8 Å². The minimum Gasteiger partial charge on any atom is -0.361 e. The summed E-state index contributed by atoms with van der Waals surface area (Å²) in [7, 11) is 0. The molecule has 1 atom stereocenters. The van der Waals surface area contributed by atoms with Gasteiger partial charge in [0, 0.05) is 23.6 Å². The van der Waals surface area contributed by atoms with Gasteiger partial charge in [-0.15, -0.1) is 0 Å². The molecule has 0 spiro atoms. The van der Waals surface area contributed by atoms with Crippen molar-refractivity contribution in [2.75, 3.05) is 11.4 Å². The van der Waals surface area contributed by atoms with Gasteiger partial charge in [-0.05, 0) is 49.6 Å². The van der Waals surface area contributed by atoms with E-state index in [0.717, 1.165) is 17.5 Å². The molecule has 0 saturated carbocycles. The van der Waals surface area contributed by atoms with Crippen molar-refractivity contribution >= 4 is 28.4 Å². The lowest BCUT2D eigenvalue weighted by Crippen LogP contribution is -2.39. The van der Waals surface area contributed by atoms with E-state index in [1.807, 2.05) is 37.4 Å². The van der Waals surface area contributed by atoms with E-state index in [0.29, 0.717) is 12.2 Å². The van der Waals surface area contributed by atoms with Gasteiger partial charge in [-0.1, -0.05) is 29.8 Å². The maximum absolute atomic E-state index is 12.8. The fraction of sp³-hybridized carbons (Fsp3) is 0.273. The number of hydrogen-bond acceptors (Lipinski definition) is 3. The largest absolute Gasteiger partial charge is 0.361 e. The second kappa shape index (κ2) is 7.00. The minimum atomic E-state index is -0.455. The summed E-state index contributed by atoms with van der Waals surface area (Å²) in [4.78, 5) is 29.8. The molecule has 1 fully saturated rings. The van der Waals surface area contributed by atoms with E-state index in [-0.39, 0.29) is 18.2 Å². The first-order valence-electron chi connectivity index (χ1n) is 9.27. The summed E-state index contributed by atoms with van der Waals surface area (Å²) in [6.45, 7) is 4.64. The van der Waals surface area contributed by atoms with Crippen molar-refractivity contribution in [3.8, 4) is 0 Å². The van der Waals surface area contributed by atoms with E-state index in [2.05, 4.69) is 35.4 Å². The molecule has 1 aliphatic heterocycles. The molecule has 0 radical (unpaired) electrons. The van der Waals surface area contributed by atoms with Gasteiger partial charge >= 0.3 is 0 Å². The number of imide groups is 1. The average Bonchev–Trinajstić information content (AvgIpc) is 3.16. The zero-order valence-electron chi connectivity index (χ0n) is 15.6. The number of nitrogens with one attached hydrogen (secondary N) is 2. The zero-order chi connectivity index (χ0) is 19.0. The second-order valence-electron chi connectivity index (χ2n) is 7.18. The third-order valence-corrected chi connectivity index (χ3v) is 5.21. The zero-order valence-corrected chi connectivity index (χ0v) is 15.6. The van der Waals surface area contributed by atoms with Crippen molar-refractivity contribution in [1.29, 1.82) is 0 Å². The first kappa shape index (κ1) is 17.5. The number of fused-ring (bicyclic) bond motifs is 1. The van der Waals surface area contributed by atoms with Gasteiger partial charge in [-0.3, -0.25) is 9.59 Å². The van der Waals surface area contributed by atoms with Crippen molar-refractivity contribution in [3.05, 3.63) is 65.4 Å². The van der Waals surface area contributed by atoms with Gasteiger partial charge in [0.15, 0.2) is 0 Å². The standard InChI is InChI=1S/C22H23N3O2/c1-14-7-8-18-17(11-14)16(13-24-18)9-10-23-19-12-21(26)25(22(19)27)20-6-4-3-5-15(20)2/h3-8,11,13,19,23-24H,9-10,12H2,1-2H3. The van der Waals surface area contributed by atoms with Crippen molar-refractivity contribution in [2.24, 2.45) is 0 Å². The number of aryl methyl sites for hydroxylation is 2. The maximum Gasteiger partial charge on any atom is 0.251 e.